The molecule has 1 nitrogen and oxygen atoms in total. The summed E-state index contributed by atoms with van der Waals surface area (Å²) in [5.74, 6) is 0. The van der Waals surface area contributed by atoms with Gasteiger partial charge in [0.2, 0.25) is 0 Å². The molecule has 1 aromatic heterocycles. The van der Waals surface area contributed by atoms with E-state index >= 15 is 0 Å². The fourth-order valence-corrected chi connectivity index (χ4v) is 4.34. The quantitative estimate of drug-likeness (QED) is 0.712. The van der Waals surface area contributed by atoms with E-state index in [2.05, 4.69) is 60.2 Å². The van der Waals surface area contributed by atoms with Gasteiger partial charge in [-0.25, -0.2) is 0 Å². The lowest BCUT2D eigenvalue weighted by molar-refractivity contribution is 0.590. The summed E-state index contributed by atoms with van der Waals surface area (Å²) >= 11 is 1.85. The molecule has 3 aromatic rings. The van der Waals surface area contributed by atoms with Gasteiger partial charge in [0.05, 0.1) is 0 Å². The van der Waals surface area contributed by atoms with E-state index in [0.29, 0.717) is 6.04 Å². The molecule has 1 N–H and O–H groups in total. The first kappa shape index (κ1) is 12.1. The predicted octanol–water partition coefficient (Wildman–Crippen LogP) is 4.78. The summed E-state index contributed by atoms with van der Waals surface area (Å²) in [7, 11) is 2.06. The van der Waals surface area contributed by atoms with Crippen molar-refractivity contribution < 1.29 is 0 Å². The Balaban J connectivity index is 1.96. The van der Waals surface area contributed by atoms with Crippen LogP contribution in [0.3, 0.4) is 0 Å². The first-order valence-corrected chi connectivity index (χ1v) is 8.02. The summed E-state index contributed by atoms with van der Waals surface area (Å²) in [5.41, 5.74) is 5.84. The number of rotatable bonds is 2. The molecule has 1 atom stereocenters. The monoisotopic (exact) mass is 279 g/mol. The minimum absolute atomic E-state index is 0.521. The molecular weight excluding hydrogens is 262 g/mol. The molecule has 2 heteroatoms. The van der Waals surface area contributed by atoms with Crippen molar-refractivity contribution in [3.63, 3.8) is 0 Å². The van der Waals surface area contributed by atoms with E-state index in [1.807, 2.05) is 11.3 Å². The minimum atomic E-state index is 0.521. The van der Waals surface area contributed by atoms with Crippen molar-refractivity contribution in [2.45, 2.75) is 18.9 Å². The van der Waals surface area contributed by atoms with E-state index in [9.17, 15) is 0 Å². The third-order valence-electron chi connectivity index (χ3n) is 4.39. The Hall–Kier alpha value is -1.64. The molecule has 0 aliphatic heterocycles. The lowest BCUT2D eigenvalue weighted by Gasteiger charge is -2.13. The summed E-state index contributed by atoms with van der Waals surface area (Å²) in [6, 6.07) is 16.1. The average Bonchev–Trinajstić information content (AvgIpc) is 3.12. The summed E-state index contributed by atoms with van der Waals surface area (Å²) in [5, 5.41) is 6.98. The topological polar surface area (TPSA) is 12.0 Å². The van der Waals surface area contributed by atoms with Gasteiger partial charge in [-0.2, -0.15) is 0 Å². The summed E-state index contributed by atoms with van der Waals surface area (Å²) in [6.07, 6.45) is 2.39. The molecular formula is C18H17NS. The normalized spacial score (nSPS) is 17.6. The van der Waals surface area contributed by atoms with Gasteiger partial charge < -0.3 is 5.32 Å². The van der Waals surface area contributed by atoms with Crippen LogP contribution in [0.25, 0.3) is 21.2 Å². The molecule has 0 radical (unpaired) electrons. The molecule has 0 amide bonds. The maximum Gasteiger partial charge on any atom is 0.0421 e. The zero-order chi connectivity index (χ0) is 13.5. The minimum Gasteiger partial charge on any atom is -0.313 e. The molecule has 20 heavy (non-hydrogen) atoms. The highest BCUT2D eigenvalue weighted by Gasteiger charge is 2.24. The van der Waals surface area contributed by atoms with E-state index in [-0.39, 0.29) is 0 Å². The number of fused-ring (bicyclic) bond motifs is 2. The van der Waals surface area contributed by atoms with Crippen molar-refractivity contribution >= 4 is 21.4 Å². The van der Waals surface area contributed by atoms with Gasteiger partial charge in [-0.1, -0.05) is 36.4 Å². The summed E-state index contributed by atoms with van der Waals surface area (Å²) in [6.45, 7) is 0. The van der Waals surface area contributed by atoms with Crippen LogP contribution in [-0.4, -0.2) is 7.05 Å². The number of hydrogen-bond acceptors (Lipinski definition) is 2. The zero-order valence-electron chi connectivity index (χ0n) is 11.5. The number of benzene rings is 2. The largest absolute Gasteiger partial charge is 0.313 e. The van der Waals surface area contributed by atoms with Crippen LogP contribution in [0.15, 0.2) is 47.8 Å². The van der Waals surface area contributed by atoms with Crippen molar-refractivity contribution in [2.75, 3.05) is 7.05 Å². The van der Waals surface area contributed by atoms with E-state index in [1.54, 1.807) is 0 Å². The van der Waals surface area contributed by atoms with E-state index in [1.165, 1.54) is 45.2 Å². The van der Waals surface area contributed by atoms with Crippen molar-refractivity contribution in [1.29, 1.82) is 0 Å². The number of thiophene rings is 1. The maximum absolute atomic E-state index is 3.43. The van der Waals surface area contributed by atoms with Crippen LogP contribution in [0.2, 0.25) is 0 Å². The van der Waals surface area contributed by atoms with Crippen molar-refractivity contribution in [2.24, 2.45) is 0 Å². The van der Waals surface area contributed by atoms with Gasteiger partial charge in [-0.05, 0) is 59.0 Å². The molecule has 0 saturated carbocycles. The fraction of sp³-hybridized carbons (Fsp3) is 0.222. The van der Waals surface area contributed by atoms with Crippen LogP contribution in [-0.2, 0) is 6.42 Å². The summed E-state index contributed by atoms with van der Waals surface area (Å²) < 4.78 is 1.41. The number of hydrogen-bond donors (Lipinski definition) is 1. The Morgan fingerprint density at radius 1 is 1.05 bits per heavy atom. The molecule has 1 heterocycles. The highest BCUT2D eigenvalue weighted by atomic mass is 32.1. The fourth-order valence-electron chi connectivity index (χ4n) is 3.41. The summed E-state index contributed by atoms with van der Waals surface area (Å²) in [4.78, 5) is 0. The Kier molecular flexibility index (Phi) is 2.86. The molecule has 1 aliphatic carbocycles. The highest BCUT2D eigenvalue weighted by molar-refractivity contribution is 7.17. The van der Waals surface area contributed by atoms with E-state index in [4.69, 9.17) is 0 Å². The second-order valence-electron chi connectivity index (χ2n) is 5.40. The molecule has 100 valence electrons. The van der Waals surface area contributed by atoms with E-state index in [0.717, 1.165) is 0 Å². The highest BCUT2D eigenvalue weighted by Crippen LogP contribution is 2.40. The van der Waals surface area contributed by atoms with E-state index < -0.39 is 0 Å². The second-order valence-corrected chi connectivity index (χ2v) is 6.31. The lowest BCUT2D eigenvalue weighted by Crippen LogP contribution is -2.12. The lowest BCUT2D eigenvalue weighted by atomic mass is 9.96. The van der Waals surface area contributed by atoms with Crippen LogP contribution in [0.1, 0.15) is 23.6 Å². The van der Waals surface area contributed by atoms with Crippen LogP contribution >= 0.6 is 11.3 Å². The molecule has 0 saturated heterocycles. The Labute approximate surface area is 123 Å². The maximum atomic E-state index is 3.43. The van der Waals surface area contributed by atoms with Crippen LogP contribution in [0.5, 0.6) is 0 Å². The Bertz CT molecular complexity index is 772. The third kappa shape index (κ3) is 1.72. The Morgan fingerprint density at radius 3 is 2.80 bits per heavy atom. The van der Waals surface area contributed by atoms with Crippen LogP contribution < -0.4 is 5.32 Å². The van der Waals surface area contributed by atoms with Crippen molar-refractivity contribution in [3.05, 3.63) is 59.0 Å². The zero-order valence-corrected chi connectivity index (χ0v) is 12.3. The second kappa shape index (κ2) is 4.72. The van der Waals surface area contributed by atoms with Gasteiger partial charge in [0.1, 0.15) is 0 Å². The smallest absolute Gasteiger partial charge is 0.0421 e. The first-order chi connectivity index (χ1) is 9.88. The van der Waals surface area contributed by atoms with Gasteiger partial charge in [0.25, 0.3) is 0 Å². The molecule has 1 unspecified atom stereocenters. The van der Waals surface area contributed by atoms with Gasteiger partial charge in [0.15, 0.2) is 0 Å². The van der Waals surface area contributed by atoms with Crippen LogP contribution in [0, 0.1) is 0 Å². The average molecular weight is 279 g/mol. The molecule has 1 aliphatic rings. The van der Waals surface area contributed by atoms with Gasteiger partial charge in [0, 0.05) is 10.7 Å². The molecule has 0 fully saturated rings. The predicted molar refractivity (Wildman–Crippen MR) is 87.4 cm³/mol. The van der Waals surface area contributed by atoms with Crippen molar-refractivity contribution in [3.8, 4) is 11.1 Å². The molecule has 2 aromatic carbocycles. The van der Waals surface area contributed by atoms with Gasteiger partial charge >= 0.3 is 0 Å². The standard InChI is InChI=1S/C18H17NS/c1-19-17-9-8-14-13(5-3-6-15(14)17)16-7-2-4-12-10-11-20-18(12)16/h2-7,10-11,17,19H,8-9H2,1H3. The molecule has 0 spiro atoms. The van der Waals surface area contributed by atoms with Gasteiger partial charge in [-0.15, -0.1) is 11.3 Å². The van der Waals surface area contributed by atoms with Crippen LogP contribution in [0.4, 0.5) is 0 Å². The third-order valence-corrected chi connectivity index (χ3v) is 5.35. The Morgan fingerprint density at radius 2 is 1.90 bits per heavy atom. The number of nitrogens with one attached hydrogen (secondary N) is 1. The van der Waals surface area contributed by atoms with Gasteiger partial charge in [-0.3, -0.25) is 0 Å². The molecule has 4 rings (SSSR count). The SMILES string of the molecule is CNC1CCc2c(-c3cccc4ccsc34)cccc21. The molecule has 0 bridgehead atoms. The van der Waals surface area contributed by atoms with Crippen molar-refractivity contribution in [1.82, 2.24) is 5.32 Å². The first-order valence-electron chi connectivity index (χ1n) is 7.14.